The molecule has 0 bridgehead atoms. The molecule has 2 aromatic heterocycles. The van der Waals surface area contributed by atoms with Gasteiger partial charge in [-0.05, 0) is 44.4 Å². The fraction of sp³-hybridized carbons (Fsp3) is 0.391. The van der Waals surface area contributed by atoms with E-state index in [0.29, 0.717) is 16.8 Å². The number of carbonyl (C=O) groups is 1. The van der Waals surface area contributed by atoms with Crippen molar-refractivity contribution in [2.75, 3.05) is 25.1 Å². The third kappa shape index (κ3) is 5.32. The summed E-state index contributed by atoms with van der Waals surface area (Å²) in [5, 5.41) is 6.94. The number of benzene rings is 1. The average Bonchev–Trinajstić information content (AvgIpc) is 3.31. The van der Waals surface area contributed by atoms with Crippen molar-refractivity contribution in [2.45, 2.75) is 38.3 Å². The summed E-state index contributed by atoms with van der Waals surface area (Å²) in [6, 6.07) is 7.56. The van der Waals surface area contributed by atoms with Crippen LogP contribution in [-0.2, 0) is 10.3 Å². The molecule has 174 valence electrons. The summed E-state index contributed by atoms with van der Waals surface area (Å²) in [5.41, 5.74) is 7.16. The number of nitrogens with zero attached hydrogens (tertiary/aromatic N) is 4. The number of nitrogens with two attached hydrogens (primary N) is 1. The zero-order valence-electron chi connectivity index (χ0n) is 18.7. The van der Waals surface area contributed by atoms with E-state index in [1.54, 1.807) is 35.4 Å². The molecule has 3 aromatic rings. The van der Waals surface area contributed by atoms with Crippen LogP contribution in [0, 0.1) is 6.92 Å². The summed E-state index contributed by atoms with van der Waals surface area (Å²) < 4.78 is 7.13. The van der Waals surface area contributed by atoms with Gasteiger partial charge in [0.15, 0.2) is 0 Å². The Balaban J connectivity index is 1.52. The molecule has 9 nitrogen and oxygen atoms in total. The van der Waals surface area contributed by atoms with Gasteiger partial charge in [-0.15, -0.1) is 0 Å². The second-order valence-corrected chi connectivity index (χ2v) is 8.83. The van der Waals surface area contributed by atoms with E-state index in [-0.39, 0.29) is 24.2 Å². The van der Waals surface area contributed by atoms with Crippen molar-refractivity contribution < 1.29 is 9.53 Å². The molecule has 0 aliphatic carbocycles. The number of carbonyl (C=O) groups excluding carboxylic acids is 1. The number of nitrogens with one attached hydrogen (secondary N) is 2. The first kappa shape index (κ1) is 23.2. The predicted octanol–water partition coefficient (Wildman–Crippen LogP) is 2.82. The van der Waals surface area contributed by atoms with E-state index >= 15 is 0 Å². The number of aryl methyl sites for hydroxylation is 1. The second kappa shape index (κ2) is 9.86. The van der Waals surface area contributed by atoms with Crippen molar-refractivity contribution >= 4 is 23.5 Å². The van der Waals surface area contributed by atoms with Crippen LogP contribution in [0.4, 0.5) is 5.95 Å². The van der Waals surface area contributed by atoms with Gasteiger partial charge in [-0.1, -0.05) is 23.7 Å². The molecule has 1 aromatic carbocycles. The number of ether oxygens (including phenoxy) is 1. The number of rotatable bonds is 7. The van der Waals surface area contributed by atoms with Gasteiger partial charge in [-0.25, -0.2) is 9.97 Å². The van der Waals surface area contributed by atoms with Gasteiger partial charge >= 0.3 is 0 Å². The van der Waals surface area contributed by atoms with Crippen molar-refractivity contribution in [3.05, 3.63) is 64.8 Å². The molecule has 0 radical (unpaired) electrons. The third-order valence-electron chi connectivity index (χ3n) is 5.82. The first-order valence-electron chi connectivity index (χ1n) is 10.9. The number of aromatic nitrogens is 4. The maximum atomic E-state index is 13.0. The minimum Gasteiger partial charge on any atom is -0.381 e. The molecule has 3 heterocycles. The monoisotopic (exact) mass is 469 g/mol. The second-order valence-electron chi connectivity index (χ2n) is 8.40. The quantitative estimate of drug-likeness (QED) is 0.486. The lowest BCUT2D eigenvalue weighted by Gasteiger charge is -2.29. The summed E-state index contributed by atoms with van der Waals surface area (Å²) in [6.07, 6.45) is 6.80. The van der Waals surface area contributed by atoms with Gasteiger partial charge < -0.3 is 21.1 Å². The van der Waals surface area contributed by atoms with E-state index in [2.05, 4.69) is 25.6 Å². The van der Waals surface area contributed by atoms with Gasteiger partial charge in [0, 0.05) is 48.8 Å². The Labute approximate surface area is 197 Å². The number of amides is 1. The molecule has 1 saturated heterocycles. The zero-order chi connectivity index (χ0) is 23.4. The van der Waals surface area contributed by atoms with Gasteiger partial charge in [0.05, 0.1) is 5.54 Å². The molecule has 0 spiro atoms. The van der Waals surface area contributed by atoms with E-state index in [4.69, 9.17) is 22.1 Å². The van der Waals surface area contributed by atoms with Crippen LogP contribution in [0.2, 0.25) is 5.02 Å². The summed E-state index contributed by atoms with van der Waals surface area (Å²) in [4.78, 5) is 26.4. The van der Waals surface area contributed by atoms with Crippen LogP contribution < -0.4 is 16.4 Å². The summed E-state index contributed by atoms with van der Waals surface area (Å²) >= 11 is 6.13. The van der Waals surface area contributed by atoms with Crippen LogP contribution in [-0.4, -0.2) is 51.2 Å². The smallest absolute Gasteiger partial charge is 0.272 e. The lowest BCUT2D eigenvalue weighted by molar-refractivity contribution is 0.0900. The van der Waals surface area contributed by atoms with E-state index in [1.807, 2.05) is 26.0 Å². The average molecular weight is 470 g/mol. The van der Waals surface area contributed by atoms with Gasteiger partial charge in [0.1, 0.15) is 17.8 Å². The standard InChI is InChI=1S/C23H28ClN7O2/c1-15-11-26-22(28-18-6-8-33-9-7-18)29-20(15)31-12-19(27-14-31)21(32)30-23(2,13-25)16-4-3-5-17(24)10-16/h3-5,10-12,14,18H,6-9,13,25H2,1-2H3,(H,30,32)(H,26,28,29)/t23-/m0/s1. The van der Waals surface area contributed by atoms with E-state index in [9.17, 15) is 4.79 Å². The summed E-state index contributed by atoms with van der Waals surface area (Å²) in [5.74, 6) is 0.857. The van der Waals surface area contributed by atoms with E-state index in [1.165, 1.54) is 0 Å². The topological polar surface area (TPSA) is 120 Å². The molecule has 0 saturated carbocycles. The maximum absolute atomic E-state index is 13.0. The highest BCUT2D eigenvalue weighted by Gasteiger charge is 2.28. The molecule has 1 fully saturated rings. The van der Waals surface area contributed by atoms with Crippen LogP contribution in [0.3, 0.4) is 0 Å². The van der Waals surface area contributed by atoms with Crippen LogP contribution in [0.25, 0.3) is 5.82 Å². The first-order chi connectivity index (χ1) is 15.9. The Morgan fingerprint density at radius 1 is 1.33 bits per heavy atom. The Kier molecular flexibility index (Phi) is 6.92. The fourth-order valence-corrected chi connectivity index (χ4v) is 3.92. The van der Waals surface area contributed by atoms with Gasteiger partial charge in [0.2, 0.25) is 5.95 Å². The van der Waals surface area contributed by atoms with Crippen LogP contribution in [0.1, 0.15) is 41.4 Å². The van der Waals surface area contributed by atoms with Crippen LogP contribution >= 0.6 is 11.6 Å². The molecule has 1 amide bonds. The van der Waals surface area contributed by atoms with Crippen molar-refractivity contribution in [2.24, 2.45) is 5.73 Å². The Hall–Kier alpha value is -3.01. The predicted molar refractivity (Wildman–Crippen MR) is 127 cm³/mol. The highest BCUT2D eigenvalue weighted by atomic mass is 35.5. The number of hydrogen-bond acceptors (Lipinski definition) is 7. The normalized spacial score (nSPS) is 16.2. The molecule has 1 aliphatic heterocycles. The maximum Gasteiger partial charge on any atom is 0.272 e. The van der Waals surface area contributed by atoms with Gasteiger partial charge in [0.25, 0.3) is 5.91 Å². The molecule has 33 heavy (non-hydrogen) atoms. The van der Waals surface area contributed by atoms with Crippen molar-refractivity contribution in [1.29, 1.82) is 0 Å². The van der Waals surface area contributed by atoms with Gasteiger partial charge in [-0.3, -0.25) is 9.36 Å². The summed E-state index contributed by atoms with van der Waals surface area (Å²) in [6.45, 7) is 5.43. The molecule has 0 unspecified atom stereocenters. The molecule has 1 atom stereocenters. The van der Waals surface area contributed by atoms with Crippen LogP contribution in [0.5, 0.6) is 0 Å². The molecule has 4 N–H and O–H groups in total. The lowest BCUT2D eigenvalue weighted by Crippen LogP contribution is -2.48. The number of halogens is 1. The molecular weight excluding hydrogens is 442 g/mol. The Bertz CT molecular complexity index is 1130. The highest BCUT2D eigenvalue weighted by Crippen LogP contribution is 2.23. The molecule has 10 heteroatoms. The summed E-state index contributed by atoms with van der Waals surface area (Å²) in [7, 11) is 0. The van der Waals surface area contributed by atoms with E-state index in [0.717, 1.165) is 37.2 Å². The Morgan fingerprint density at radius 3 is 2.85 bits per heavy atom. The lowest BCUT2D eigenvalue weighted by atomic mass is 9.92. The third-order valence-corrected chi connectivity index (χ3v) is 6.05. The minimum atomic E-state index is -0.794. The highest BCUT2D eigenvalue weighted by molar-refractivity contribution is 6.30. The molecule has 1 aliphatic rings. The van der Waals surface area contributed by atoms with E-state index < -0.39 is 5.54 Å². The molecule has 4 rings (SSSR count). The van der Waals surface area contributed by atoms with Gasteiger partial charge in [-0.2, -0.15) is 4.98 Å². The zero-order valence-corrected chi connectivity index (χ0v) is 19.5. The largest absolute Gasteiger partial charge is 0.381 e. The van der Waals surface area contributed by atoms with Crippen molar-refractivity contribution in [1.82, 2.24) is 24.8 Å². The first-order valence-corrected chi connectivity index (χ1v) is 11.3. The number of imidazole rings is 1. The minimum absolute atomic E-state index is 0.200. The van der Waals surface area contributed by atoms with Crippen LogP contribution in [0.15, 0.2) is 43.0 Å². The number of hydrogen-bond donors (Lipinski definition) is 3. The fourth-order valence-electron chi connectivity index (χ4n) is 3.73. The SMILES string of the molecule is Cc1cnc(NC2CCOCC2)nc1-n1cnc(C(=O)N[C@@](C)(CN)c2cccc(Cl)c2)c1. The van der Waals surface area contributed by atoms with Crippen molar-refractivity contribution in [3.8, 4) is 5.82 Å². The molecular formula is C23H28ClN7O2. The number of anilines is 1. The van der Waals surface area contributed by atoms with Crippen molar-refractivity contribution in [3.63, 3.8) is 0 Å². The Morgan fingerprint density at radius 2 is 2.12 bits per heavy atom.